The molecule has 150 valence electrons. The van der Waals surface area contributed by atoms with Crippen LogP contribution >= 0.6 is 0 Å². The second-order valence-electron chi connectivity index (χ2n) is 6.08. The predicted octanol–water partition coefficient (Wildman–Crippen LogP) is 2.85. The molecule has 11 nitrogen and oxygen atoms in total. The number of aromatic nitrogens is 2. The Hall–Kier alpha value is -3.29. The summed E-state index contributed by atoms with van der Waals surface area (Å²) in [7, 11) is -8.40. The first-order valence-corrected chi connectivity index (χ1v) is 10.9. The Bertz CT molecular complexity index is 1390. The molecule has 2 heterocycles. The molecule has 0 spiro atoms. The number of phenols is 1. The van der Waals surface area contributed by atoms with Crippen LogP contribution in [-0.2, 0) is 20.1 Å². The summed E-state index contributed by atoms with van der Waals surface area (Å²) < 4.78 is 57.7. The third-order valence-corrected chi connectivity index (χ3v) is 6.63. The number of para-hydroxylation sites is 1. The molecule has 0 saturated heterocycles. The van der Waals surface area contributed by atoms with Crippen LogP contribution in [0.2, 0.25) is 0 Å². The van der Waals surface area contributed by atoms with Crippen LogP contribution in [0.4, 0.5) is 22.9 Å². The first-order chi connectivity index (χ1) is 13.6. The summed E-state index contributed by atoms with van der Waals surface area (Å²) in [6.45, 7) is 1.54. The van der Waals surface area contributed by atoms with Gasteiger partial charge >= 0.3 is 0 Å². The first kappa shape index (κ1) is 19.0. The average Bonchev–Trinajstić information content (AvgIpc) is 2.96. The van der Waals surface area contributed by atoms with Crippen LogP contribution in [0.1, 0.15) is 5.69 Å². The SMILES string of the molecule is Cc1nn2c(c1N=Nc1ccc(S(=O)(=O)O)cc1O)Nc1ccccc1S2(=O)=O. The lowest BCUT2D eigenvalue weighted by atomic mass is 10.3. The third-order valence-electron chi connectivity index (χ3n) is 4.15. The highest BCUT2D eigenvalue weighted by Gasteiger charge is 2.33. The zero-order valence-electron chi connectivity index (χ0n) is 14.7. The van der Waals surface area contributed by atoms with Crippen molar-refractivity contribution in [3.05, 3.63) is 48.2 Å². The largest absolute Gasteiger partial charge is 0.506 e. The maximum atomic E-state index is 12.8. The molecular weight excluding hydrogens is 422 g/mol. The van der Waals surface area contributed by atoms with E-state index in [-0.39, 0.29) is 27.8 Å². The van der Waals surface area contributed by atoms with Crippen molar-refractivity contribution in [3.63, 3.8) is 0 Å². The molecule has 3 N–H and O–H groups in total. The van der Waals surface area contributed by atoms with Gasteiger partial charge in [0.05, 0.1) is 16.3 Å². The van der Waals surface area contributed by atoms with E-state index in [1.165, 1.54) is 6.07 Å². The molecule has 13 heteroatoms. The number of nitrogens with zero attached hydrogens (tertiary/aromatic N) is 4. The van der Waals surface area contributed by atoms with Gasteiger partial charge in [-0.2, -0.15) is 21.9 Å². The molecule has 1 aliphatic heterocycles. The van der Waals surface area contributed by atoms with Crippen molar-refractivity contribution in [1.29, 1.82) is 0 Å². The van der Waals surface area contributed by atoms with E-state index >= 15 is 0 Å². The molecule has 0 aliphatic carbocycles. The summed E-state index contributed by atoms with van der Waals surface area (Å²) >= 11 is 0. The van der Waals surface area contributed by atoms with Crippen LogP contribution < -0.4 is 5.32 Å². The van der Waals surface area contributed by atoms with E-state index in [1.807, 2.05) is 0 Å². The van der Waals surface area contributed by atoms with Gasteiger partial charge in [-0.3, -0.25) is 4.55 Å². The Morgan fingerprint density at radius 1 is 1.14 bits per heavy atom. The van der Waals surface area contributed by atoms with Crippen molar-refractivity contribution in [3.8, 4) is 5.75 Å². The number of aromatic hydroxyl groups is 1. The number of fused-ring (bicyclic) bond motifs is 2. The smallest absolute Gasteiger partial charge is 0.294 e. The Morgan fingerprint density at radius 2 is 1.86 bits per heavy atom. The standard InChI is InChI=1S/C16H13N5O6S2/c1-9-15(19-18-11-7-6-10(8-13(11)22)29(25,26)27)16-17-12-4-2-3-5-14(12)28(23,24)21(16)20-9/h2-8,17,22H,1H3,(H,25,26,27). The van der Waals surface area contributed by atoms with Gasteiger partial charge < -0.3 is 10.4 Å². The fraction of sp³-hybridized carbons (Fsp3) is 0.0625. The molecule has 0 saturated carbocycles. The van der Waals surface area contributed by atoms with Gasteiger partial charge in [-0.1, -0.05) is 12.1 Å². The number of nitrogens with one attached hydrogen (secondary N) is 1. The van der Waals surface area contributed by atoms with Gasteiger partial charge in [0.15, 0.2) is 11.5 Å². The third kappa shape index (κ3) is 3.14. The Balaban J connectivity index is 1.77. The normalized spacial score (nSPS) is 15.0. The molecule has 1 aromatic heterocycles. The van der Waals surface area contributed by atoms with Gasteiger partial charge in [-0.15, -0.1) is 14.3 Å². The summed E-state index contributed by atoms with van der Waals surface area (Å²) in [6.07, 6.45) is 0. The molecule has 0 fully saturated rings. The number of phenolic OH excluding ortho intramolecular Hbond substituents is 1. The quantitative estimate of drug-likeness (QED) is 0.327. The van der Waals surface area contributed by atoms with E-state index in [0.29, 0.717) is 5.69 Å². The molecule has 0 amide bonds. The lowest BCUT2D eigenvalue weighted by Crippen LogP contribution is -2.22. The molecule has 0 bridgehead atoms. The van der Waals surface area contributed by atoms with Crippen molar-refractivity contribution in [2.45, 2.75) is 16.7 Å². The number of aryl methyl sites for hydroxylation is 1. The van der Waals surface area contributed by atoms with Crippen LogP contribution in [0.15, 0.2) is 62.5 Å². The summed E-state index contributed by atoms with van der Waals surface area (Å²) in [4.78, 5) is -0.436. The number of azo groups is 1. The molecule has 29 heavy (non-hydrogen) atoms. The van der Waals surface area contributed by atoms with E-state index in [1.54, 1.807) is 25.1 Å². The molecule has 0 radical (unpaired) electrons. The lowest BCUT2D eigenvalue weighted by molar-refractivity contribution is 0.467. The Kier molecular flexibility index (Phi) is 4.18. The van der Waals surface area contributed by atoms with E-state index in [9.17, 15) is 21.9 Å². The molecule has 2 aromatic carbocycles. The molecule has 0 atom stereocenters. The summed E-state index contributed by atoms with van der Waals surface area (Å²) in [5, 5.41) is 24.8. The van der Waals surface area contributed by atoms with E-state index in [2.05, 4.69) is 20.6 Å². The highest BCUT2D eigenvalue weighted by molar-refractivity contribution is 7.90. The first-order valence-electron chi connectivity index (χ1n) is 8.02. The number of anilines is 2. The molecule has 3 aromatic rings. The average molecular weight is 435 g/mol. The maximum Gasteiger partial charge on any atom is 0.294 e. The van der Waals surface area contributed by atoms with Gasteiger partial charge in [0.25, 0.3) is 20.1 Å². The van der Waals surface area contributed by atoms with Gasteiger partial charge in [0.2, 0.25) is 0 Å². The number of hydrogen-bond donors (Lipinski definition) is 3. The van der Waals surface area contributed by atoms with Crippen LogP contribution in [0.3, 0.4) is 0 Å². The number of hydrogen-bond acceptors (Lipinski definition) is 9. The summed E-state index contributed by atoms with van der Waals surface area (Å²) in [5.41, 5.74) is 0.663. The van der Waals surface area contributed by atoms with E-state index < -0.39 is 30.8 Å². The lowest BCUT2D eigenvalue weighted by Gasteiger charge is -2.19. The highest BCUT2D eigenvalue weighted by atomic mass is 32.2. The maximum absolute atomic E-state index is 12.8. The van der Waals surface area contributed by atoms with E-state index in [4.69, 9.17) is 4.55 Å². The molecular formula is C16H13N5O6S2. The summed E-state index contributed by atoms with van der Waals surface area (Å²) in [5.74, 6) is -0.451. The minimum atomic E-state index is -4.48. The highest BCUT2D eigenvalue weighted by Crippen LogP contribution is 2.41. The second kappa shape index (κ2) is 6.37. The minimum Gasteiger partial charge on any atom is -0.506 e. The van der Waals surface area contributed by atoms with Crippen LogP contribution in [-0.4, -0.2) is 35.7 Å². The monoisotopic (exact) mass is 435 g/mol. The number of benzene rings is 2. The minimum absolute atomic E-state index is 0.0666. The topological polar surface area (TPSA) is 163 Å². The van der Waals surface area contributed by atoms with Crippen LogP contribution in [0.25, 0.3) is 0 Å². The Morgan fingerprint density at radius 3 is 2.55 bits per heavy atom. The van der Waals surface area contributed by atoms with Crippen molar-refractivity contribution >= 4 is 43.0 Å². The second-order valence-corrected chi connectivity index (χ2v) is 9.23. The van der Waals surface area contributed by atoms with Crippen molar-refractivity contribution in [2.24, 2.45) is 10.2 Å². The van der Waals surface area contributed by atoms with Gasteiger partial charge in [-0.05, 0) is 31.2 Å². The fourth-order valence-electron chi connectivity index (χ4n) is 2.76. The number of rotatable bonds is 3. The van der Waals surface area contributed by atoms with Crippen molar-refractivity contribution in [1.82, 2.24) is 9.19 Å². The van der Waals surface area contributed by atoms with Crippen molar-refractivity contribution < 1.29 is 26.5 Å². The van der Waals surface area contributed by atoms with Crippen molar-refractivity contribution in [2.75, 3.05) is 5.32 Å². The van der Waals surface area contributed by atoms with Gasteiger partial charge in [-0.25, -0.2) is 0 Å². The summed E-state index contributed by atoms with van der Waals surface area (Å²) in [6, 6.07) is 9.33. The Labute approximate surface area is 165 Å². The van der Waals surface area contributed by atoms with Crippen LogP contribution in [0, 0.1) is 6.92 Å². The zero-order chi connectivity index (χ0) is 21.0. The molecule has 4 rings (SSSR count). The van der Waals surface area contributed by atoms with Gasteiger partial charge in [0, 0.05) is 6.07 Å². The predicted molar refractivity (Wildman–Crippen MR) is 101 cm³/mol. The fourth-order valence-corrected chi connectivity index (χ4v) is 4.70. The molecule has 1 aliphatic rings. The molecule has 0 unspecified atom stereocenters. The van der Waals surface area contributed by atoms with E-state index in [0.717, 1.165) is 22.3 Å². The zero-order valence-corrected chi connectivity index (χ0v) is 16.3. The van der Waals surface area contributed by atoms with Gasteiger partial charge in [0.1, 0.15) is 16.3 Å². The van der Waals surface area contributed by atoms with Crippen LogP contribution in [0.5, 0.6) is 5.75 Å².